The van der Waals surface area contributed by atoms with Crippen LogP contribution >= 0.6 is 0 Å². The summed E-state index contributed by atoms with van der Waals surface area (Å²) < 4.78 is 5.40. The number of hydrogen-bond donors (Lipinski definition) is 2. The summed E-state index contributed by atoms with van der Waals surface area (Å²) >= 11 is 0. The smallest absolute Gasteiger partial charge is 0.292 e. The fraction of sp³-hybridized carbons (Fsp3) is 0.588. The van der Waals surface area contributed by atoms with Gasteiger partial charge in [0.05, 0.1) is 22.7 Å². The molecule has 1 spiro atoms. The van der Waals surface area contributed by atoms with E-state index in [9.17, 15) is 15.2 Å². The highest BCUT2D eigenvalue weighted by Gasteiger charge is 2.48. The van der Waals surface area contributed by atoms with Crippen LogP contribution in [-0.2, 0) is 4.74 Å². The van der Waals surface area contributed by atoms with E-state index >= 15 is 0 Å². The van der Waals surface area contributed by atoms with Gasteiger partial charge in [0.15, 0.2) is 0 Å². The van der Waals surface area contributed by atoms with Crippen LogP contribution in [0, 0.1) is 32.8 Å². The van der Waals surface area contributed by atoms with Crippen LogP contribution in [-0.4, -0.2) is 35.9 Å². The molecule has 2 fully saturated rings. The number of nitriles is 1. The number of ether oxygens (including phenoxy) is 1. The van der Waals surface area contributed by atoms with Gasteiger partial charge >= 0.3 is 0 Å². The van der Waals surface area contributed by atoms with Gasteiger partial charge in [0.2, 0.25) is 0 Å². The molecule has 0 radical (unpaired) electrons. The Kier molecular flexibility index (Phi) is 4.69. The standard InChI is InChI=1S/C17H21N3O4/c18-10-12-1-2-15(20(22)23)14(9-12)19-11-13-3-4-17(16(13)21)5-7-24-8-6-17/h1-2,9,13,16,19,21H,3-8,11H2/t13-,16+/m0/s1. The molecule has 0 bridgehead atoms. The van der Waals surface area contributed by atoms with Gasteiger partial charge < -0.3 is 15.2 Å². The fourth-order valence-electron chi connectivity index (χ4n) is 3.96. The van der Waals surface area contributed by atoms with Crippen molar-refractivity contribution in [3.63, 3.8) is 0 Å². The second-order valence-electron chi connectivity index (χ2n) is 6.70. The zero-order valence-corrected chi connectivity index (χ0v) is 13.4. The zero-order chi connectivity index (χ0) is 17.2. The number of nitrogens with one attached hydrogen (secondary N) is 1. The van der Waals surface area contributed by atoms with E-state index in [1.54, 1.807) is 0 Å². The Morgan fingerprint density at radius 1 is 1.42 bits per heavy atom. The zero-order valence-electron chi connectivity index (χ0n) is 13.4. The summed E-state index contributed by atoms with van der Waals surface area (Å²) in [7, 11) is 0. The Morgan fingerprint density at radius 3 is 2.83 bits per heavy atom. The van der Waals surface area contributed by atoms with Crippen molar-refractivity contribution in [2.24, 2.45) is 11.3 Å². The third-order valence-corrected chi connectivity index (χ3v) is 5.45. The lowest BCUT2D eigenvalue weighted by Gasteiger charge is -2.37. The van der Waals surface area contributed by atoms with Gasteiger partial charge in [-0.15, -0.1) is 0 Å². The minimum absolute atomic E-state index is 0.0495. The molecule has 0 amide bonds. The predicted molar refractivity (Wildman–Crippen MR) is 87.5 cm³/mol. The first-order chi connectivity index (χ1) is 11.6. The Morgan fingerprint density at radius 2 is 2.17 bits per heavy atom. The monoisotopic (exact) mass is 331 g/mol. The molecule has 1 saturated carbocycles. The summed E-state index contributed by atoms with van der Waals surface area (Å²) in [6, 6.07) is 6.26. The third-order valence-electron chi connectivity index (χ3n) is 5.45. The summed E-state index contributed by atoms with van der Waals surface area (Å²) in [5, 5.41) is 33.9. The maximum Gasteiger partial charge on any atom is 0.292 e. The van der Waals surface area contributed by atoms with Gasteiger partial charge in [-0.1, -0.05) is 0 Å². The topological polar surface area (TPSA) is 108 Å². The molecule has 2 aliphatic rings. The second kappa shape index (κ2) is 6.75. The van der Waals surface area contributed by atoms with E-state index in [2.05, 4.69) is 5.32 Å². The van der Waals surface area contributed by atoms with E-state index in [0.717, 1.165) is 25.7 Å². The lowest BCUT2D eigenvalue weighted by molar-refractivity contribution is -0.384. The average molecular weight is 331 g/mol. The Labute approximate surface area is 140 Å². The molecule has 7 nitrogen and oxygen atoms in total. The van der Waals surface area contributed by atoms with Crippen molar-refractivity contribution >= 4 is 11.4 Å². The van der Waals surface area contributed by atoms with Crippen molar-refractivity contribution < 1.29 is 14.8 Å². The first-order valence-corrected chi connectivity index (χ1v) is 8.24. The summed E-state index contributed by atoms with van der Waals surface area (Å²) in [4.78, 5) is 10.7. The number of hydrogen-bond acceptors (Lipinski definition) is 6. The highest BCUT2D eigenvalue weighted by atomic mass is 16.6. The number of nitro benzene ring substituents is 1. The summed E-state index contributed by atoms with van der Waals surface area (Å²) in [5.74, 6) is 0.0495. The molecule has 24 heavy (non-hydrogen) atoms. The molecule has 3 rings (SSSR count). The van der Waals surface area contributed by atoms with Crippen molar-refractivity contribution in [1.82, 2.24) is 0 Å². The van der Waals surface area contributed by atoms with Crippen LogP contribution in [0.25, 0.3) is 0 Å². The maximum absolute atomic E-state index is 11.1. The van der Waals surface area contributed by atoms with Crippen LogP contribution in [0.4, 0.5) is 11.4 Å². The van der Waals surface area contributed by atoms with Crippen LogP contribution in [0.1, 0.15) is 31.2 Å². The molecule has 1 aliphatic heterocycles. The van der Waals surface area contributed by atoms with E-state index in [1.165, 1.54) is 18.2 Å². The number of benzene rings is 1. The van der Waals surface area contributed by atoms with Gasteiger partial charge in [0.1, 0.15) is 5.69 Å². The minimum atomic E-state index is -0.464. The molecule has 1 aliphatic carbocycles. The summed E-state index contributed by atoms with van der Waals surface area (Å²) in [5.41, 5.74) is 0.586. The molecule has 0 unspecified atom stereocenters. The predicted octanol–water partition coefficient (Wildman–Crippen LogP) is 2.45. The Hall–Kier alpha value is -2.17. The van der Waals surface area contributed by atoms with Crippen LogP contribution in [0.3, 0.4) is 0 Å². The number of aliphatic hydroxyl groups excluding tert-OH is 1. The Bertz CT molecular complexity index is 664. The van der Waals surface area contributed by atoms with E-state index in [1.807, 2.05) is 6.07 Å². The largest absolute Gasteiger partial charge is 0.392 e. The van der Waals surface area contributed by atoms with Gasteiger partial charge in [0, 0.05) is 37.2 Å². The third kappa shape index (κ3) is 3.07. The molecule has 7 heteroatoms. The van der Waals surface area contributed by atoms with Crippen LogP contribution < -0.4 is 5.32 Å². The van der Waals surface area contributed by atoms with Gasteiger partial charge in [-0.25, -0.2) is 0 Å². The number of nitro groups is 1. The Balaban J connectivity index is 1.70. The molecular formula is C17H21N3O4. The summed E-state index contributed by atoms with van der Waals surface area (Å²) in [6.07, 6.45) is 3.17. The first-order valence-electron chi connectivity index (χ1n) is 8.24. The molecule has 1 aromatic rings. The van der Waals surface area contributed by atoms with Crippen LogP contribution in [0.5, 0.6) is 0 Å². The van der Waals surface area contributed by atoms with Gasteiger partial charge in [-0.3, -0.25) is 10.1 Å². The molecule has 0 aromatic heterocycles. The summed E-state index contributed by atoms with van der Waals surface area (Å²) in [6.45, 7) is 1.83. The second-order valence-corrected chi connectivity index (χ2v) is 6.70. The average Bonchev–Trinajstić information content (AvgIpc) is 2.89. The normalized spacial score (nSPS) is 25.3. The molecule has 1 heterocycles. The van der Waals surface area contributed by atoms with Crippen LogP contribution in [0.15, 0.2) is 18.2 Å². The fourth-order valence-corrected chi connectivity index (χ4v) is 3.96. The molecule has 2 N–H and O–H groups in total. The van der Waals surface area contributed by atoms with Crippen molar-refractivity contribution in [2.75, 3.05) is 25.1 Å². The SMILES string of the molecule is N#Cc1ccc([N+](=O)[O-])c(NC[C@@H]2CCC3(CCOCC3)[C@@H]2O)c1. The lowest BCUT2D eigenvalue weighted by atomic mass is 9.76. The highest BCUT2D eigenvalue weighted by Crippen LogP contribution is 2.48. The molecular weight excluding hydrogens is 310 g/mol. The van der Waals surface area contributed by atoms with Gasteiger partial charge in [-0.05, 0) is 37.8 Å². The number of aliphatic hydroxyl groups is 1. The molecule has 1 aromatic carbocycles. The quantitative estimate of drug-likeness (QED) is 0.648. The van der Waals surface area contributed by atoms with Crippen molar-refractivity contribution in [2.45, 2.75) is 31.8 Å². The first kappa shape index (κ1) is 16.7. The molecule has 1 saturated heterocycles. The lowest BCUT2D eigenvalue weighted by Crippen LogP contribution is -2.40. The maximum atomic E-state index is 11.1. The van der Waals surface area contributed by atoms with E-state index in [0.29, 0.717) is 31.0 Å². The molecule has 2 atom stereocenters. The van der Waals surface area contributed by atoms with Gasteiger partial charge in [-0.2, -0.15) is 5.26 Å². The van der Waals surface area contributed by atoms with E-state index < -0.39 is 11.0 Å². The van der Waals surface area contributed by atoms with Gasteiger partial charge in [0.25, 0.3) is 5.69 Å². The number of rotatable bonds is 4. The van der Waals surface area contributed by atoms with Crippen molar-refractivity contribution in [3.05, 3.63) is 33.9 Å². The highest BCUT2D eigenvalue weighted by molar-refractivity contribution is 5.64. The van der Waals surface area contributed by atoms with Crippen LogP contribution in [0.2, 0.25) is 0 Å². The van der Waals surface area contributed by atoms with E-state index in [4.69, 9.17) is 10.00 Å². The number of anilines is 1. The van der Waals surface area contributed by atoms with Crippen molar-refractivity contribution in [1.29, 1.82) is 5.26 Å². The van der Waals surface area contributed by atoms with Crippen molar-refractivity contribution in [3.8, 4) is 6.07 Å². The van der Waals surface area contributed by atoms with E-state index in [-0.39, 0.29) is 17.0 Å². The minimum Gasteiger partial charge on any atom is -0.392 e. The molecule has 128 valence electrons. The number of nitrogens with zero attached hydrogens (tertiary/aromatic N) is 2.